The van der Waals surface area contributed by atoms with Crippen LogP contribution in [0.15, 0.2) is 36.4 Å². The molecule has 140 valence electrons. The molecule has 2 atom stereocenters. The maximum Gasteiger partial charge on any atom is 0.313 e. The maximum atomic E-state index is 12.4. The molecule has 0 fully saturated rings. The van der Waals surface area contributed by atoms with Gasteiger partial charge < -0.3 is 14.8 Å². The van der Waals surface area contributed by atoms with Crippen LogP contribution in [0, 0.1) is 0 Å². The molecule has 0 saturated heterocycles. The monoisotopic (exact) mass is 357 g/mol. The minimum atomic E-state index is -0.839. The number of fused-ring (bicyclic) bond motifs is 1. The van der Waals surface area contributed by atoms with Crippen molar-refractivity contribution in [1.29, 1.82) is 0 Å². The van der Waals surface area contributed by atoms with E-state index in [0.29, 0.717) is 0 Å². The average Bonchev–Trinajstić information content (AvgIpc) is 2.58. The Labute approximate surface area is 154 Å². The summed E-state index contributed by atoms with van der Waals surface area (Å²) in [6.07, 6.45) is -0.839. The first kappa shape index (κ1) is 19.8. The molecule has 2 aromatic rings. The summed E-state index contributed by atoms with van der Waals surface area (Å²) in [7, 11) is 1.63. The molecule has 5 nitrogen and oxygen atoms in total. The fraction of sp³-hybridized carbons (Fsp3) is 0.429. The lowest BCUT2D eigenvalue weighted by Gasteiger charge is -2.24. The summed E-state index contributed by atoms with van der Waals surface area (Å²) in [5, 5.41) is 4.86. The molecule has 1 N–H and O–H groups in total. The molecule has 0 aliphatic heterocycles. The predicted molar refractivity (Wildman–Crippen MR) is 102 cm³/mol. The van der Waals surface area contributed by atoms with Crippen LogP contribution in [0.2, 0.25) is 0 Å². The van der Waals surface area contributed by atoms with Crippen LogP contribution in [0.1, 0.15) is 46.1 Å². The number of methoxy groups -OCH3 is 1. The second-order valence-corrected chi connectivity index (χ2v) is 7.51. The fourth-order valence-electron chi connectivity index (χ4n) is 2.58. The number of benzene rings is 2. The van der Waals surface area contributed by atoms with Crippen molar-refractivity contribution < 1.29 is 19.1 Å². The van der Waals surface area contributed by atoms with Gasteiger partial charge in [0.05, 0.1) is 13.0 Å². The third-order valence-electron chi connectivity index (χ3n) is 4.09. The van der Waals surface area contributed by atoms with E-state index in [-0.39, 0.29) is 11.4 Å². The average molecular weight is 357 g/mol. The molecule has 0 heterocycles. The van der Waals surface area contributed by atoms with Crippen molar-refractivity contribution in [2.75, 3.05) is 7.11 Å². The van der Waals surface area contributed by atoms with Gasteiger partial charge in [0, 0.05) is 5.54 Å². The largest absolute Gasteiger partial charge is 0.497 e. The number of carbonyl (C=O) groups is 2. The molecule has 2 aromatic carbocycles. The number of rotatable bonds is 5. The van der Waals surface area contributed by atoms with Crippen LogP contribution in [-0.2, 0) is 14.3 Å². The zero-order valence-corrected chi connectivity index (χ0v) is 16.3. The lowest BCUT2D eigenvalue weighted by atomic mass is 9.97. The number of ether oxygens (including phenoxy) is 2. The maximum absolute atomic E-state index is 12.4. The summed E-state index contributed by atoms with van der Waals surface area (Å²) in [4.78, 5) is 24.5. The number of hydrogen-bond donors (Lipinski definition) is 1. The smallest absolute Gasteiger partial charge is 0.313 e. The Bertz CT molecular complexity index is 807. The normalized spacial score (nSPS) is 13.8. The molecule has 5 heteroatoms. The lowest BCUT2D eigenvalue weighted by molar-refractivity contribution is -0.156. The Kier molecular flexibility index (Phi) is 5.90. The van der Waals surface area contributed by atoms with Crippen molar-refractivity contribution in [3.63, 3.8) is 0 Å². The van der Waals surface area contributed by atoms with Crippen LogP contribution in [0.25, 0.3) is 10.8 Å². The van der Waals surface area contributed by atoms with Gasteiger partial charge in [0.2, 0.25) is 0 Å². The standard InChI is InChI=1S/C21H27NO4/c1-13(20(24)26-14(2)19(23)22-21(3,4)5)15-7-8-17-12-18(25-6)10-9-16(17)11-15/h7-14H,1-6H3,(H,22,23)/t13-,14-/m0/s1. The molecule has 0 spiro atoms. The van der Waals surface area contributed by atoms with E-state index in [1.165, 1.54) is 0 Å². The van der Waals surface area contributed by atoms with Crippen LogP contribution >= 0.6 is 0 Å². The van der Waals surface area contributed by atoms with Crippen LogP contribution in [-0.4, -0.2) is 30.6 Å². The highest BCUT2D eigenvalue weighted by atomic mass is 16.5. The molecule has 0 bridgehead atoms. The summed E-state index contributed by atoms with van der Waals surface area (Å²) >= 11 is 0. The SMILES string of the molecule is COc1ccc2cc([C@H](C)C(=O)O[C@@H](C)C(=O)NC(C)(C)C)ccc2c1. The van der Waals surface area contributed by atoms with E-state index in [4.69, 9.17) is 9.47 Å². The molecule has 0 saturated carbocycles. The molecule has 1 amide bonds. The van der Waals surface area contributed by atoms with Crippen molar-refractivity contribution in [3.05, 3.63) is 42.0 Å². The van der Waals surface area contributed by atoms with Crippen molar-refractivity contribution in [1.82, 2.24) is 5.32 Å². The Morgan fingerprint density at radius 1 is 1.00 bits per heavy atom. The molecule has 0 aliphatic carbocycles. The quantitative estimate of drug-likeness (QED) is 0.827. The Morgan fingerprint density at radius 3 is 2.23 bits per heavy atom. The van der Waals surface area contributed by atoms with E-state index >= 15 is 0 Å². The van der Waals surface area contributed by atoms with Gasteiger partial charge in [-0.05, 0) is 63.1 Å². The Morgan fingerprint density at radius 2 is 1.62 bits per heavy atom. The number of nitrogens with one attached hydrogen (secondary N) is 1. The summed E-state index contributed by atoms with van der Waals surface area (Å²) < 4.78 is 10.6. The summed E-state index contributed by atoms with van der Waals surface area (Å²) in [6.45, 7) is 9.00. The molecule has 0 aliphatic rings. The Hall–Kier alpha value is -2.56. The van der Waals surface area contributed by atoms with Crippen LogP contribution < -0.4 is 10.1 Å². The first-order valence-electron chi connectivity index (χ1n) is 8.71. The minimum Gasteiger partial charge on any atom is -0.497 e. The predicted octanol–water partition coefficient (Wildman–Crippen LogP) is 3.80. The minimum absolute atomic E-state index is 0.302. The van der Waals surface area contributed by atoms with Crippen molar-refractivity contribution >= 4 is 22.6 Å². The van der Waals surface area contributed by atoms with Crippen molar-refractivity contribution in [2.24, 2.45) is 0 Å². The molecule has 2 rings (SSSR count). The Balaban J connectivity index is 2.10. The van der Waals surface area contributed by atoms with Gasteiger partial charge in [-0.2, -0.15) is 0 Å². The molecule has 0 radical (unpaired) electrons. The van der Waals surface area contributed by atoms with Gasteiger partial charge in [0.15, 0.2) is 6.10 Å². The van der Waals surface area contributed by atoms with E-state index in [1.54, 1.807) is 21.0 Å². The highest BCUT2D eigenvalue weighted by Crippen LogP contribution is 2.26. The van der Waals surface area contributed by atoms with Gasteiger partial charge in [0.25, 0.3) is 5.91 Å². The molecular formula is C21H27NO4. The van der Waals surface area contributed by atoms with E-state index < -0.39 is 18.0 Å². The highest BCUT2D eigenvalue weighted by molar-refractivity contribution is 5.88. The van der Waals surface area contributed by atoms with E-state index in [9.17, 15) is 9.59 Å². The van der Waals surface area contributed by atoms with Crippen molar-refractivity contribution in [2.45, 2.75) is 52.2 Å². The molecule has 0 unspecified atom stereocenters. The third kappa shape index (κ3) is 4.97. The van der Waals surface area contributed by atoms with Crippen LogP contribution in [0.3, 0.4) is 0 Å². The summed E-state index contributed by atoms with van der Waals surface area (Å²) in [5.41, 5.74) is 0.471. The summed E-state index contributed by atoms with van der Waals surface area (Å²) in [5.74, 6) is -0.402. The van der Waals surface area contributed by atoms with Gasteiger partial charge in [-0.3, -0.25) is 9.59 Å². The molecule has 0 aromatic heterocycles. The lowest BCUT2D eigenvalue weighted by Crippen LogP contribution is -2.46. The van der Waals surface area contributed by atoms with Gasteiger partial charge >= 0.3 is 5.97 Å². The second kappa shape index (κ2) is 7.77. The van der Waals surface area contributed by atoms with Crippen LogP contribution in [0.5, 0.6) is 5.75 Å². The zero-order chi connectivity index (χ0) is 19.5. The van der Waals surface area contributed by atoms with E-state index in [1.807, 2.05) is 57.2 Å². The first-order chi connectivity index (χ1) is 12.1. The third-order valence-corrected chi connectivity index (χ3v) is 4.09. The van der Waals surface area contributed by atoms with Gasteiger partial charge in [-0.25, -0.2) is 0 Å². The van der Waals surface area contributed by atoms with Gasteiger partial charge in [-0.15, -0.1) is 0 Å². The molecule has 26 heavy (non-hydrogen) atoms. The van der Waals surface area contributed by atoms with Gasteiger partial charge in [0.1, 0.15) is 5.75 Å². The number of amides is 1. The second-order valence-electron chi connectivity index (χ2n) is 7.51. The van der Waals surface area contributed by atoms with E-state index in [2.05, 4.69) is 5.32 Å². The first-order valence-corrected chi connectivity index (χ1v) is 8.71. The number of esters is 1. The number of carbonyl (C=O) groups excluding carboxylic acids is 2. The zero-order valence-electron chi connectivity index (χ0n) is 16.3. The van der Waals surface area contributed by atoms with E-state index in [0.717, 1.165) is 22.1 Å². The van der Waals surface area contributed by atoms with Crippen LogP contribution in [0.4, 0.5) is 0 Å². The molecular weight excluding hydrogens is 330 g/mol. The summed E-state index contributed by atoms with van der Waals surface area (Å²) in [6, 6.07) is 11.6. The highest BCUT2D eigenvalue weighted by Gasteiger charge is 2.25. The topological polar surface area (TPSA) is 64.6 Å². The fourth-order valence-corrected chi connectivity index (χ4v) is 2.58. The van der Waals surface area contributed by atoms with Crippen molar-refractivity contribution in [3.8, 4) is 5.75 Å². The van der Waals surface area contributed by atoms with Gasteiger partial charge in [-0.1, -0.05) is 24.3 Å². The number of hydrogen-bond acceptors (Lipinski definition) is 4.